The van der Waals surface area contributed by atoms with Crippen LogP contribution in [0.5, 0.6) is 11.5 Å². The minimum Gasteiger partial charge on any atom is -0.454 e. The Morgan fingerprint density at radius 2 is 1.65 bits per heavy atom. The predicted molar refractivity (Wildman–Crippen MR) is 159 cm³/mol. The van der Waals surface area contributed by atoms with E-state index in [1.165, 1.54) is 42.6 Å². The predicted octanol–water partition coefficient (Wildman–Crippen LogP) is 5.28. The number of hydrogen-bond donors (Lipinski definition) is 2. The molecule has 1 fully saturated rings. The number of carbonyl (C=O) groups is 3. The second-order valence-electron chi connectivity index (χ2n) is 10.4. The molecule has 228 valence electrons. The Balaban J connectivity index is 1.47. The number of nitrogens with zero attached hydrogens (tertiary/aromatic N) is 4. The van der Waals surface area contributed by atoms with Gasteiger partial charge in [0.25, 0.3) is 0 Å². The molecule has 12 heteroatoms. The third kappa shape index (κ3) is 7.44. The molecule has 2 aromatic carbocycles. The van der Waals surface area contributed by atoms with Gasteiger partial charge in [0.2, 0.25) is 11.8 Å². The van der Waals surface area contributed by atoms with Crippen LogP contribution in [0.3, 0.4) is 0 Å². The fraction of sp³-hybridized carbons (Fsp3) is 0.355. The molecule has 0 atom stereocenters. The van der Waals surface area contributed by atoms with E-state index in [9.17, 15) is 18.8 Å². The summed E-state index contributed by atoms with van der Waals surface area (Å²) >= 11 is 0. The monoisotopic (exact) mass is 594 g/mol. The van der Waals surface area contributed by atoms with E-state index < -0.39 is 28.9 Å². The van der Waals surface area contributed by atoms with Crippen molar-refractivity contribution in [1.29, 1.82) is 0 Å². The summed E-state index contributed by atoms with van der Waals surface area (Å²) in [6, 6.07) is 11.6. The molecule has 0 bridgehead atoms. The number of nitrogens with two attached hydrogens (primary N) is 1. The van der Waals surface area contributed by atoms with Gasteiger partial charge in [-0.3, -0.25) is 19.8 Å². The van der Waals surface area contributed by atoms with Gasteiger partial charge in [-0.25, -0.2) is 18.6 Å². The van der Waals surface area contributed by atoms with Crippen LogP contribution in [0.1, 0.15) is 33.1 Å². The molecule has 4 amide bonds. The average molecular weight is 595 g/mol. The Labute approximate surface area is 249 Å². The van der Waals surface area contributed by atoms with Crippen molar-refractivity contribution < 1.29 is 27.9 Å². The third-order valence-electron chi connectivity index (χ3n) is 7.50. The summed E-state index contributed by atoms with van der Waals surface area (Å²) in [6.45, 7) is 7.55. The van der Waals surface area contributed by atoms with Gasteiger partial charge in [0, 0.05) is 37.6 Å². The van der Waals surface area contributed by atoms with Crippen LogP contribution >= 0.6 is 0 Å². The molecule has 0 saturated heterocycles. The van der Waals surface area contributed by atoms with Crippen LogP contribution in [0, 0.1) is 17.0 Å². The van der Waals surface area contributed by atoms with Gasteiger partial charge < -0.3 is 20.3 Å². The lowest BCUT2D eigenvalue weighted by Crippen LogP contribution is -2.41. The highest BCUT2D eigenvalue weighted by Gasteiger charge is 2.57. The number of anilines is 3. The first kappa shape index (κ1) is 31.4. The number of carbonyl (C=O) groups excluding carboxylic acids is 3. The van der Waals surface area contributed by atoms with Crippen LogP contribution in [-0.2, 0) is 9.59 Å². The van der Waals surface area contributed by atoms with E-state index in [1.54, 1.807) is 11.9 Å². The van der Waals surface area contributed by atoms with Gasteiger partial charge in [0.05, 0.1) is 5.69 Å². The smallest absolute Gasteiger partial charge is 0.322 e. The Hall–Kier alpha value is -4.58. The molecule has 3 N–H and O–H groups in total. The molecule has 0 aliphatic heterocycles. The summed E-state index contributed by atoms with van der Waals surface area (Å²) < 4.78 is 34.7. The SMILES string of the molecule is CCN(CC)CCCN(C)C(=O)Nc1cc(Oc2ccc(N(C(=O)C3(C(N)=O)CC3)c3ccc(F)cc3)cc2F)ccn1. The van der Waals surface area contributed by atoms with Crippen molar-refractivity contribution in [1.82, 2.24) is 14.8 Å². The topological polar surface area (TPSA) is 121 Å². The normalized spacial score (nSPS) is 13.3. The van der Waals surface area contributed by atoms with Crippen molar-refractivity contribution >= 4 is 35.0 Å². The molecule has 10 nitrogen and oxygen atoms in total. The van der Waals surface area contributed by atoms with E-state index in [-0.39, 0.29) is 47.6 Å². The quantitative estimate of drug-likeness (QED) is 0.260. The van der Waals surface area contributed by atoms with E-state index in [0.717, 1.165) is 49.2 Å². The van der Waals surface area contributed by atoms with Gasteiger partial charge in [-0.2, -0.15) is 0 Å². The van der Waals surface area contributed by atoms with Gasteiger partial charge >= 0.3 is 6.03 Å². The van der Waals surface area contributed by atoms with Crippen LogP contribution in [0.4, 0.5) is 30.8 Å². The standard InChI is InChI=1S/C31H36F2N6O4/c1-4-38(5-2)18-6-17-37(3)30(42)36-27-20-24(13-16-35-27)43-26-12-11-23(19-25(26)33)39(22-9-7-21(32)8-10-22)29(41)31(14-15-31)28(34)40/h7-13,16,19-20H,4-6,14-15,17-18H2,1-3H3,(H2,34,40)(H,35,36,42). The fourth-order valence-electron chi connectivity index (χ4n) is 4.64. The maximum absolute atomic E-state index is 15.3. The zero-order chi connectivity index (χ0) is 31.1. The zero-order valence-electron chi connectivity index (χ0n) is 24.5. The first-order chi connectivity index (χ1) is 20.6. The summed E-state index contributed by atoms with van der Waals surface area (Å²) in [5.74, 6) is -2.40. The molecule has 1 heterocycles. The molecule has 1 saturated carbocycles. The lowest BCUT2D eigenvalue weighted by atomic mass is 10.0. The summed E-state index contributed by atoms with van der Waals surface area (Å²) in [6.07, 6.45) is 2.79. The van der Waals surface area contributed by atoms with E-state index in [1.807, 2.05) is 0 Å². The highest BCUT2D eigenvalue weighted by molar-refractivity contribution is 6.16. The van der Waals surface area contributed by atoms with Crippen LogP contribution < -0.4 is 20.7 Å². The third-order valence-corrected chi connectivity index (χ3v) is 7.50. The first-order valence-corrected chi connectivity index (χ1v) is 14.2. The number of nitrogens with one attached hydrogen (secondary N) is 1. The van der Waals surface area contributed by atoms with Gasteiger partial charge in [-0.05, 0) is 81.4 Å². The van der Waals surface area contributed by atoms with E-state index in [4.69, 9.17) is 10.5 Å². The van der Waals surface area contributed by atoms with Gasteiger partial charge in [-0.1, -0.05) is 13.8 Å². The number of halogens is 2. The minimum atomic E-state index is -1.39. The van der Waals surface area contributed by atoms with E-state index >= 15 is 4.39 Å². The summed E-state index contributed by atoms with van der Waals surface area (Å²) in [7, 11) is 1.70. The van der Waals surface area contributed by atoms with Gasteiger partial charge in [0.15, 0.2) is 11.6 Å². The molecule has 1 aliphatic rings. The first-order valence-electron chi connectivity index (χ1n) is 14.2. The number of urea groups is 1. The van der Waals surface area contributed by atoms with Crippen molar-refractivity contribution in [2.24, 2.45) is 11.1 Å². The zero-order valence-corrected chi connectivity index (χ0v) is 24.5. The number of ether oxygens (including phenoxy) is 1. The summed E-state index contributed by atoms with van der Waals surface area (Å²) in [4.78, 5) is 47.3. The van der Waals surface area contributed by atoms with Crippen molar-refractivity contribution in [2.75, 3.05) is 43.4 Å². The second kappa shape index (κ2) is 13.6. The van der Waals surface area contributed by atoms with Crippen molar-refractivity contribution in [3.63, 3.8) is 0 Å². The lowest BCUT2D eigenvalue weighted by Gasteiger charge is -2.26. The van der Waals surface area contributed by atoms with Crippen molar-refractivity contribution in [3.8, 4) is 11.5 Å². The lowest BCUT2D eigenvalue weighted by molar-refractivity contribution is -0.133. The van der Waals surface area contributed by atoms with E-state index in [2.05, 4.69) is 29.0 Å². The number of aromatic nitrogens is 1. The molecule has 0 radical (unpaired) electrons. The number of rotatable bonds is 13. The molecular formula is C31H36F2N6O4. The largest absolute Gasteiger partial charge is 0.454 e. The molecule has 0 spiro atoms. The van der Waals surface area contributed by atoms with Gasteiger partial charge in [0.1, 0.15) is 22.8 Å². The Bertz CT molecular complexity index is 1460. The maximum Gasteiger partial charge on any atom is 0.322 e. The van der Waals surface area contributed by atoms with Crippen LogP contribution in [0.25, 0.3) is 0 Å². The van der Waals surface area contributed by atoms with Crippen molar-refractivity contribution in [2.45, 2.75) is 33.1 Å². The number of amides is 4. The minimum absolute atomic E-state index is 0.112. The molecule has 1 aromatic heterocycles. The Morgan fingerprint density at radius 3 is 2.26 bits per heavy atom. The highest BCUT2D eigenvalue weighted by atomic mass is 19.1. The molecule has 4 rings (SSSR count). The number of hydrogen-bond acceptors (Lipinski definition) is 6. The molecule has 1 aliphatic carbocycles. The molecule has 3 aromatic rings. The number of benzene rings is 2. The Kier molecular flexibility index (Phi) is 9.92. The van der Waals surface area contributed by atoms with Gasteiger partial charge in [-0.15, -0.1) is 0 Å². The summed E-state index contributed by atoms with van der Waals surface area (Å²) in [5, 5.41) is 2.72. The fourth-order valence-corrected chi connectivity index (χ4v) is 4.64. The summed E-state index contributed by atoms with van der Waals surface area (Å²) in [5.41, 5.74) is 4.49. The molecule has 0 unspecified atom stereocenters. The van der Waals surface area contributed by atoms with Crippen LogP contribution in [-0.4, -0.2) is 65.9 Å². The average Bonchev–Trinajstić information content (AvgIpc) is 3.80. The number of primary amides is 1. The maximum atomic E-state index is 15.3. The second-order valence-corrected chi connectivity index (χ2v) is 10.4. The number of pyridine rings is 1. The highest BCUT2D eigenvalue weighted by Crippen LogP contribution is 2.49. The van der Waals surface area contributed by atoms with Crippen LogP contribution in [0.2, 0.25) is 0 Å². The molecule has 43 heavy (non-hydrogen) atoms. The Morgan fingerprint density at radius 1 is 0.977 bits per heavy atom. The molecular weight excluding hydrogens is 558 g/mol. The van der Waals surface area contributed by atoms with Crippen molar-refractivity contribution in [3.05, 3.63) is 72.4 Å². The van der Waals surface area contributed by atoms with Crippen LogP contribution in [0.15, 0.2) is 60.8 Å². The van der Waals surface area contributed by atoms with E-state index in [0.29, 0.717) is 6.54 Å².